The van der Waals surface area contributed by atoms with E-state index in [1.807, 2.05) is 0 Å². The minimum absolute atomic E-state index is 0.0445. The minimum atomic E-state index is -5.00. The molecule has 0 rings (SSSR count). The fourth-order valence-corrected chi connectivity index (χ4v) is 12.4. The van der Waals surface area contributed by atoms with E-state index in [1.165, 1.54) is 96.3 Å². The predicted molar refractivity (Wildman–Crippen MR) is 436 cm³/mol. The normalized spacial score (nSPS) is 14.5. The molecular weight excluding hydrogens is 1380 g/mol. The van der Waals surface area contributed by atoms with Crippen LogP contribution in [-0.4, -0.2) is 96.7 Å². The molecule has 0 heterocycles. The minimum Gasteiger partial charge on any atom is -0.462 e. The van der Waals surface area contributed by atoms with Crippen molar-refractivity contribution in [3.63, 3.8) is 0 Å². The molecule has 17 nitrogen and oxygen atoms in total. The first-order valence-corrected chi connectivity index (χ1v) is 44.4. The SMILES string of the molecule is CC/C=C\C/C=C\C/C=C\C/C=C\C/C=C\CCCCCC(=O)OCC(COP(=O)(O)OCC(O)COP(=O)(O)OCC(COC(=O)CCCCCCCCCCCCCCCCC)OC(=O)CCCCCCC/C=C\CCCCCC)OC(=O)CCCCC/C=C\C/C=C\C/C=C\C/C=C\C/C=C\CC. The summed E-state index contributed by atoms with van der Waals surface area (Å²) in [7, 11) is -9.99. The summed E-state index contributed by atoms with van der Waals surface area (Å²) < 4.78 is 68.7. The summed E-state index contributed by atoms with van der Waals surface area (Å²) in [5, 5.41) is 10.7. The smallest absolute Gasteiger partial charge is 0.462 e. The van der Waals surface area contributed by atoms with Gasteiger partial charge in [0, 0.05) is 25.7 Å². The Balaban J connectivity index is 5.43. The van der Waals surface area contributed by atoms with Gasteiger partial charge in [0.05, 0.1) is 26.4 Å². The summed E-state index contributed by atoms with van der Waals surface area (Å²) in [6.07, 6.45) is 88.5. The van der Waals surface area contributed by atoms with Crippen LogP contribution in [-0.2, 0) is 65.4 Å². The largest absolute Gasteiger partial charge is 0.472 e. The molecule has 0 aliphatic heterocycles. The van der Waals surface area contributed by atoms with E-state index in [0.717, 1.165) is 161 Å². The van der Waals surface area contributed by atoms with Gasteiger partial charge in [-0.25, -0.2) is 9.13 Å². The Morgan fingerprint density at radius 3 is 0.783 bits per heavy atom. The van der Waals surface area contributed by atoms with E-state index in [1.54, 1.807) is 0 Å². The number of hydrogen-bond donors (Lipinski definition) is 3. The first-order valence-electron chi connectivity index (χ1n) is 41.4. The first-order chi connectivity index (χ1) is 51.7. The van der Waals surface area contributed by atoms with Crippen LogP contribution in [0.2, 0.25) is 0 Å². The first kappa shape index (κ1) is 101. The Morgan fingerprint density at radius 1 is 0.274 bits per heavy atom. The molecule has 3 N–H and O–H groups in total. The fraction of sp³-hybridized carbons (Fsp3) is 0.701. The highest BCUT2D eigenvalue weighted by Gasteiger charge is 2.30. The molecule has 0 saturated carbocycles. The number of carbonyl (C=O) groups is 4. The number of carbonyl (C=O) groups excluding carboxylic acids is 4. The van der Waals surface area contributed by atoms with Crippen LogP contribution in [0.5, 0.6) is 0 Å². The van der Waals surface area contributed by atoms with Crippen LogP contribution in [0, 0.1) is 0 Å². The zero-order valence-corrected chi connectivity index (χ0v) is 68.4. The number of phosphoric ester groups is 2. The zero-order valence-electron chi connectivity index (χ0n) is 66.6. The van der Waals surface area contributed by atoms with Crippen LogP contribution in [0.25, 0.3) is 0 Å². The maximum atomic E-state index is 13.1. The lowest BCUT2D eigenvalue weighted by Gasteiger charge is -2.21. The van der Waals surface area contributed by atoms with Crippen molar-refractivity contribution in [2.75, 3.05) is 39.6 Å². The number of rotatable bonds is 77. The van der Waals surface area contributed by atoms with Crippen LogP contribution in [0.4, 0.5) is 0 Å². The Kier molecular flexibility index (Phi) is 74.8. The summed E-state index contributed by atoms with van der Waals surface area (Å²) in [4.78, 5) is 73.1. The summed E-state index contributed by atoms with van der Waals surface area (Å²) in [6.45, 7) is 4.58. The van der Waals surface area contributed by atoms with Gasteiger partial charge < -0.3 is 33.8 Å². The molecule has 0 amide bonds. The molecule has 19 heteroatoms. The Labute approximate surface area is 644 Å². The van der Waals surface area contributed by atoms with Crippen molar-refractivity contribution >= 4 is 39.5 Å². The highest BCUT2D eigenvalue weighted by atomic mass is 31.2. The number of unbranched alkanes of at least 4 members (excludes halogenated alkanes) is 29. The molecule has 0 aromatic rings. The van der Waals surface area contributed by atoms with Gasteiger partial charge in [0.2, 0.25) is 0 Å². The third-order valence-electron chi connectivity index (χ3n) is 17.1. The van der Waals surface area contributed by atoms with E-state index >= 15 is 0 Å². The number of ether oxygens (including phenoxy) is 4. The van der Waals surface area contributed by atoms with E-state index < -0.39 is 97.5 Å². The van der Waals surface area contributed by atoms with E-state index in [0.29, 0.717) is 25.7 Å². The van der Waals surface area contributed by atoms with Gasteiger partial charge in [-0.05, 0) is 141 Å². The van der Waals surface area contributed by atoms with Crippen molar-refractivity contribution < 1.29 is 80.2 Å². The summed E-state index contributed by atoms with van der Waals surface area (Å²) >= 11 is 0. The lowest BCUT2D eigenvalue weighted by Crippen LogP contribution is -2.30. The third kappa shape index (κ3) is 77.4. The standard InChI is InChI=1S/C87H148O17P2/c1-5-9-13-17-21-25-29-33-36-38-40-42-45-49-52-56-60-64-68-72-85(90)98-78-83(104-87(92)74-70-66-62-58-54-50-46-43-41-39-37-34-30-26-22-18-14-10-6-2)80-102-106(95,96)100-76-81(88)75-99-105(93,94)101-79-82(103-86(91)73-69-65-61-57-53-47-32-28-24-20-16-12-8-4)77-97-84(89)71-67-63-59-55-51-48-44-35-31-27-23-19-15-11-7-3/h9-10,13-14,21-22,25-26,28,32-34,36-37,40-43,49-50,52,54,81-83,88H,5-8,11-12,15-20,23-24,27,29-31,35,38-39,44-48,51,53,55-80H2,1-4H3,(H,93,94)(H,95,96)/b13-9-,14-10-,25-21-,26-22-,32-28-,36-33-,37-34-,42-40-,43-41-,52-49-,54-50-. The van der Waals surface area contributed by atoms with E-state index in [9.17, 15) is 43.2 Å². The summed E-state index contributed by atoms with van der Waals surface area (Å²) in [6, 6.07) is 0. The van der Waals surface area contributed by atoms with Crippen molar-refractivity contribution in [2.45, 2.75) is 354 Å². The number of esters is 4. The topological polar surface area (TPSA) is 237 Å². The molecular formula is C87H148O17P2. The van der Waals surface area contributed by atoms with Crippen LogP contribution in [0.1, 0.15) is 336 Å². The highest BCUT2D eigenvalue weighted by molar-refractivity contribution is 7.47. The zero-order chi connectivity index (χ0) is 77.4. The lowest BCUT2D eigenvalue weighted by atomic mass is 10.0. The van der Waals surface area contributed by atoms with Gasteiger partial charge >= 0.3 is 39.5 Å². The molecule has 0 bridgehead atoms. The molecule has 608 valence electrons. The van der Waals surface area contributed by atoms with Crippen LogP contribution in [0.3, 0.4) is 0 Å². The average molecular weight is 1530 g/mol. The number of aliphatic hydroxyl groups excluding tert-OH is 1. The monoisotopic (exact) mass is 1530 g/mol. The van der Waals surface area contributed by atoms with E-state index in [2.05, 4.69) is 161 Å². The Morgan fingerprint density at radius 2 is 0.491 bits per heavy atom. The molecule has 5 atom stereocenters. The number of allylic oxidation sites excluding steroid dienone is 22. The quantitative estimate of drug-likeness (QED) is 0.0169. The van der Waals surface area contributed by atoms with Gasteiger partial charge in [0.15, 0.2) is 12.2 Å². The summed E-state index contributed by atoms with van der Waals surface area (Å²) in [5.74, 6) is -2.25. The maximum Gasteiger partial charge on any atom is 0.472 e. The van der Waals surface area contributed by atoms with Crippen molar-refractivity contribution in [3.05, 3.63) is 134 Å². The molecule has 0 aliphatic carbocycles. The third-order valence-corrected chi connectivity index (χ3v) is 19.0. The van der Waals surface area contributed by atoms with Crippen molar-refractivity contribution in [3.8, 4) is 0 Å². The predicted octanol–water partition coefficient (Wildman–Crippen LogP) is 24.4. The average Bonchev–Trinajstić information content (AvgIpc) is 0.903. The molecule has 0 aromatic heterocycles. The van der Waals surface area contributed by atoms with Crippen molar-refractivity contribution in [1.82, 2.24) is 0 Å². The van der Waals surface area contributed by atoms with Crippen LogP contribution < -0.4 is 0 Å². The van der Waals surface area contributed by atoms with Crippen molar-refractivity contribution in [2.24, 2.45) is 0 Å². The van der Waals surface area contributed by atoms with E-state index in [-0.39, 0.29) is 25.7 Å². The fourth-order valence-electron chi connectivity index (χ4n) is 10.9. The molecule has 106 heavy (non-hydrogen) atoms. The molecule has 0 fully saturated rings. The molecule has 0 spiro atoms. The second-order valence-corrected chi connectivity index (χ2v) is 30.2. The molecule has 5 unspecified atom stereocenters. The molecule has 0 saturated heterocycles. The van der Waals surface area contributed by atoms with Crippen LogP contribution in [0.15, 0.2) is 134 Å². The number of aliphatic hydroxyl groups is 1. The number of hydrogen-bond acceptors (Lipinski definition) is 15. The maximum absolute atomic E-state index is 13.1. The van der Waals surface area contributed by atoms with Crippen molar-refractivity contribution in [1.29, 1.82) is 0 Å². The number of phosphoric acid groups is 2. The second kappa shape index (κ2) is 78.3. The molecule has 0 aliphatic rings. The van der Waals surface area contributed by atoms with Gasteiger partial charge in [0.1, 0.15) is 19.3 Å². The van der Waals surface area contributed by atoms with Gasteiger partial charge in [-0.1, -0.05) is 303 Å². The van der Waals surface area contributed by atoms with Gasteiger partial charge in [-0.15, -0.1) is 0 Å². The van der Waals surface area contributed by atoms with Gasteiger partial charge in [0.25, 0.3) is 0 Å². The van der Waals surface area contributed by atoms with Crippen LogP contribution >= 0.6 is 15.6 Å². The Hall–Kier alpha value is -4.80. The highest BCUT2D eigenvalue weighted by Crippen LogP contribution is 2.45. The lowest BCUT2D eigenvalue weighted by molar-refractivity contribution is -0.161. The summed E-state index contributed by atoms with van der Waals surface area (Å²) in [5.41, 5.74) is 0. The van der Waals surface area contributed by atoms with E-state index in [4.69, 9.17) is 37.0 Å². The molecule has 0 aromatic carbocycles. The Bertz CT molecular complexity index is 2530. The second-order valence-electron chi connectivity index (χ2n) is 27.3. The van der Waals surface area contributed by atoms with Gasteiger partial charge in [-0.3, -0.25) is 37.3 Å². The van der Waals surface area contributed by atoms with Gasteiger partial charge in [-0.2, -0.15) is 0 Å². The molecule has 0 radical (unpaired) electrons.